The van der Waals surface area contributed by atoms with Gasteiger partial charge in [-0.2, -0.15) is 0 Å². The first-order valence-electron chi connectivity index (χ1n) is 9.69. The van der Waals surface area contributed by atoms with Crippen molar-refractivity contribution in [1.82, 2.24) is 0 Å². The first-order chi connectivity index (χ1) is 14.0. The van der Waals surface area contributed by atoms with Gasteiger partial charge in [0.15, 0.2) is 0 Å². The summed E-state index contributed by atoms with van der Waals surface area (Å²) in [5, 5.41) is 3.25. The smallest absolute Gasteiger partial charge is 0.255 e. The number of carbonyl (C=O) groups is 3. The maximum atomic E-state index is 13.2. The van der Waals surface area contributed by atoms with Crippen LogP contribution in [-0.4, -0.2) is 17.7 Å². The number of amides is 3. The highest BCUT2D eigenvalue weighted by atomic mass is 35.5. The van der Waals surface area contributed by atoms with Crippen LogP contribution in [0.1, 0.15) is 29.6 Å². The van der Waals surface area contributed by atoms with E-state index in [9.17, 15) is 14.4 Å². The fourth-order valence-corrected chi connectivity index (χ4v) is 5.57. The molecule has 2 saturated carbocycles. The summed E-state index contributed by atoms with van der Waals surface area (Å²) in [6, 6.07) is 11.7. The van der Waals surface area contributed by atoms with Crippen LogP contribution in [-0.2, 0) is 9.59 Å². The summed E-state index contributed by atoms with van der Waals surface area (Å²) in [6.45, 7) is 0. The van der Waals surface area contributed by atoms with Crippen molar-refractivity contribution >= 4 is 52.3 Å². The SMILES string of the molecule is O=C(Nc1cc(Cl)c(Cl)cc1N1C(=O)[C@@H]2C3CCC(C3)[C@@H]2C1=O)c1ccccc1. The third kappa shape index (κ3) is 2.87. The van der Waals surface area contributed by atoms with E-state index < -0.39 is 0 Å². The summed E-state index contributed by atoms with van der Waals surface area (Å²) in [6.07, 6.45) is 2.95. The van der Waals surface area contributed by atoms with Gasteiger partial charge in [-0.05, 0) is 55.4 Å². The molecule has 2 bridgehead atoms. The fourth-order valence-electron chi connectivity index (χ4n) is 5.25. The van der Waals surface area contributed by atoms with E-state index in [0.29, 0.717) is 11.3 Å². The summed E-state index contributed by atoms with van der Waals surface area (Å²) in [7, 11) is 0. The molecule has 3 fully saturated rings. The number of nitrogens with one attached hydrogen (secondary N) is 1. The predicted molar refractivity (Wildman–Crippen MR) is 111 cm³/mol. The summed E-state index contributed by atoms with van der Waals surface area (Å²) < 4.78 is 0. The van der Waals surface area contributed by atoms with E-state index in [1.807, 2.05) is 6.07 Å². The van der Waals surface area contributed by atoms with Crippen LogP contribution >= 0.6 is 23.2 Å². The maximum Gasteiger partial charge on any atom is 0.255 e. The molecule has 4 atom stereocenters. The highest BCUT2D eigenvalue weighted by Crippen LogP contribution is 2.57. The Kier molecular flexibility index (Phi) is 4.41. The summed E-state index contributed by atoms with van der Waals surface area (Å²) in [5.41, 5.74) is 1.04. The second-order valence-corrected chi connectivity index (χ2v) is 8.81. The van der Waals surface area contributed by atoms with Crippen LogP contribution in [0.4, 0.5) is 11.4 Å². The molecule has 2 unspecified atom stereocenters. The third-order valence-corrected chi connectivity index (χ3v) is 7.21. The monoisotopic (exact) mass is 428 g/mol. The van der Waals surface area contributed by atoms with Crippen molar-refractivity contribution in [3.63, 3.8) is 0 Å². The Morgan fingerprint density at radius 1 is 0.931 bits per heavy atom. The van der Waals surface area contributed by atoms with Gasteiger partial charge in [0.05, 0.1) is 33.3 Å². The van der Waals surface area contributed by atoms with Gasteiger partial charge in [0.2, 0.25) is 11.8 Å². The zero-order valence-corrected chi connectivity index (χ0v) is 16.9. The highest BCUT2D eigenvalue weighted by Gasteiger charge is 2.61. The molecule has 0 radical (unpaired) electrons. The Bertz CT molecular complexity index is 1010. The molecule has 5 rings (SSSR count). The largest absolute Gasteiger partial charge is 0.320 e. The first kappa shape index (κ1) is 18.6. The summed E-state index contributed by atoms with van der Waals surface area (Å²) >= 11 is 12.4. The van der Waals surface area contributed by atoms with Gasteiger partial charge in [0.25, 0.3) is 5.91 Å². The van der Waals surface area contributed by atoms with Crippen molar-refractivity contribution in [1.29, 1.82) is 0 Å². The van der Waals surface area contributed by atoms with E-state index in [-0.39, 0.29) is 57.1 Å². The van der Waals surface area contributed by atoms with Gasteiger partial charge in [-0.3, -0.25) is 14.4 Å². The van der Waals surface area contributed by atoms with Crippen LogP contribution in [0.5, 0.6) is 0 Å². The van der Waals surface area contributed by atoms with Gasteiger partial charge >= 0.3 is 0 Å². The van der Waals surface area contributed by atoms with Crippen molar-refractivity contribution < 1.29 is 14.4 Å². The number of benzene rings is 2. The van der Waals surface area contributed by atoms with Gasteiger partial charge in [-0.15, -0.1) is 0 Å². The predicted octanol–water partition coefficient (Wildman–Crippen LogP) is 4.78. The van der Waals surface area contributed by atoms with Crippen molar-refractivity contribution in [2.24, 2.45) is 23.7 Å². The van der Waals surface area contributed by atoms with E-state index in [0.717, 1.165) is 19.3 Å². The number of halogens is 2. The normalized spacial score (nSPS) is 27.4. The average Bonchev–Trinajstić information content (AvgIpc) is 3.39. The van der Waals surface area contributed by atoms with Crippen molar-refractivity contribution in [2.75, 3.05) is 10.2 Å². The Morgan fingerprint density at radius 3 is 2.14 bits per heavy atom. The van der Waals surface area contributed by atoms with Gasteiger partial charge < -0.3 is 5.32 Å². The number of fused-ring (bicyclic) bond motifs is 5. The quantitative estimate of drug-likeness (QED) is 0.715. The molecule has 7 heteroatoms. The minimum atomic E-state index is -0.357. The molecule has 5 nitrogen and oxygen atoms in total. The molecule has 0 spiro atoms. The van der Waals surface area contributed by atoms with Crippen LogP contribution in [0.3, 0.4) is 0 Å². The highest BCUT2D eigenvalue weighted by molar-refractivity contribution is 6.43. The van der Waals surface area contributed by atoms with E-state index in [2.05, 4.69) is 5.32 Å². The Labute approximate surface area is 178 Å². The molecule has 2 aromatic carbocycles. The standard InChI is InChI=1S/C22H18Cl2N2O3/c23-14-9-16(25-20(27)11-4-2-1-3-5-11)17(10-15(14)24)26-21(28)18-12-6-7-13(8-12)19(18)22(26)29/h1-5,9-10,12-13,18-19H,6-8H2,(H,25,27)/t12?,13?,18-,19+. The molecular weight excluding hydrogens is 411 g/mol. The van der Waals surface area contributed by atoms with E-state index in [1.54, 1.807) is 24.3 Å². The van der Waals surface area contributed by atoms with Crippen LogP contribution in [0.25, 0.3) is 0 Å². The average molecular weight is 429 g/mol. The van der Waals surface area contributed by atoms with E-state index >= 15 is 0 Å². The van der Waals surface area contributed by atoms with E-state index in [1.165, 1.54) is 17.0 Å². The minimum Gasteiger partial charge on any atom is -0.320 e. The topological polar surface area (TPSA) is 66.5 Å². The third-order valence-electron chi connectivity index (χ3n) is 6.49. The van der Waals surface area contributed by atoms with Crippen LogP contribution in [0.2, 0.25) is 10.0 Å². The molecule has 1 N–H and O–H groups in total. The van der Waals surface area contributed by atoms with Gasteiger partial charge in [0, 0.05) is 5.56 Å². The second-order valence-electron chi connectivity index (χ2n) is 8.00. The Morgan fingerprint density at radius 2 is 1.52 bits per heavy atom. The zero-order valence-electron chi connectivity index (χ0n) is 15.4. The molecule has 0 aromatic heterocycles. The number of carbonyl (C=O) groups excluding carboxylic acids is 3. The number of imide groups is 1. The molecule has 29 heavy (non-hydrogen) atoms. The van der Waals surface area contributed by atoms with Gasteiger partial charge in [-0.1, -0.05) is 41.4 Å². The number of hydrogen-bond acceptors (Lipinski definition) is 3. The molecule has 1 heterocycles. The first-order valence-corrected chi connectivity index (χ1v) is 10.4. The van der Waals surface area contributed by atoms with E-state index in [4.69, 9.17) is 23.2 Å². The van der Waals surface area contributed by atoms with Gasteiger partial charge in [-0.25, -0.2) is 4.90 Å². The lowest BCUT2D eigenvalue weighted by atomic mass is 9.81. The zero-order chi connectivity index (χ0) is 20.3. The van der Waals surface area contributed by atoms with Gasteiger partial charge in [0.1, 0.15) is 0 Å². The van der Waals surface area contributed by atoms with Crippen LogP contribution < -0.4 is 10.2 Å². The molecular formula is C22H18Cl2N2O3. The Balaban J connectivity index is 1.53. The molecule has 1 aliphatic heterocycles. The van der Waals surface area contributed by atoms with Crippen molar-refractivity contribution in [3.05, 3.63) is 58.1 Å². The molecule has 3 aliphatic rings. The number of anilines is 2. The number of rotatable bonds is 3. The van der Waals surface area contributed by atoms with Crippen molar-refractivity contribution in [2.45, 2.75) is 19.3 Å². The molecule has 148 valence electrons. The second kappa shape index (κ2) is 6.85. The maximum absolute atomic E-state index is 13.2. The number of nitrogens with zero attached hydrogens (tertiary/aromatic N) is 1. The lowest BCUT2D eigenvalue weighted by molar-refractivity contribution is -0.123. The lowest BCUT2D eigenvalue weighted by Gasteiger charge is -2.21. The molecule has 2 aliphatic carbocycles. The summed E-state index contributed by atoms with van der Waals surface area (Å²) in [5.74, 6) is -0.707. The Hall–Kier alpha value is -2.37. The van der Waals surface area contributed by atoms with Crippen LogP contribution in [0, 0.1) is 23.7 Å². The summed E-state index contributed by atoms with van der Waals surface area (Å²) in [4.78, 5) is 40.3. The lowest BCUT2D eigenvalue weighted by Crippen LogP contribution is -2.33. The molecule has 2 aromatic rings. The molecule has 3 amide bonds. The number of hydrogen-bond donors (Lipinski definition) is 1. The fraction of sp³-hybridized carbons (Fsp3) is 0.318. The molecule has 1 saturated heterocycles. The van der Waals surface area contributed by atoms with Crippen molar-refractivity contribution in [3.8, 4) is 0 Å². The minimum absolute atomic E-state index is 0.194. The van der Waals surface area contributed by atoms with Crippen LogP contribution in [0.15, 0.2) is 42.5 Å².